The molecule has 1 unspecified atom stereocenters. The lowest BCUT2D eigenvalue weighted by Gasteiger charge is -2.03. The highest BCUT2D eigenvalue weighted by atomic mass is 16.7. The second-order valence-electron chi connectivity index (χ2n) is 6.16. The van der Waals surface area contributed by atoms with E-state index in [9.17, 15) is 0 Å². The van der Waals surface area contributed by atoms with E-state index in [0.29, 0.717) is 6.01 Å². The first kappa shape index (κ1) is 14.8. The van der Waals surface area contributed by atoms with Gasteiger partial charge in [-0.15, -0.1) is 0 Å². The third kappa shape index (κ3) is 2.63. The first-order valence-electron chi connectivity index (χ1n) is 8.45. The zero-order valence-electron chi connectivity index (χ0n) is 14.1. The molecule has 0 saturated carbocycles. The summed E-state index contributed by atoms with van der Waals surface area (Å²) in [5.74, 6) is 1.54. The number of rotatable bonds is 3. The van der Waals surface area contributed by atoms with Gasteiger partial charge in [-0.2, -0.15) is 4.98 Å². The van der Waals surface area contributed by atoms with Crippen molar-refractivity contribution in [3.05, 3.63) is 66.7 Å². The van der Waals surface area contributed by atoms with Gasteiger partial charge in [-0.05, 0) is 47.5 Å². The number of para-hydroxylation sites is 1. The lowest BCUT2D eigenvalue weighted by Crippen LogP contribution is -2.11. The maximum absolute atomic E-state index is 5.78. The highest BCUT2D eigenvalue weighted by molar-refractivity contribution is 5.82. The van der Waals surface area contributed by atoms with Crippen molar-refractivity contribution in [2.24, 2.45) is 0 Å². The number of aromatic nitrogens is 1. The highest BCUT2D eigenvalue weighted by Gasteiger charge is 2.20. The summed E-state index contributed by atoms with van der Waals surface area (Å²) in [5.41, 5.74) is 4.56. The Morgan fingerprint density at radius 3 is 2.50 bits per heavy atom. The van der Waals surface area contributed by atoms with Crippen LogP contribution in [-0.2, 0) is 0 Å². The Labute approximate surface area is 150 Å². The molecule has 1 aromatic heterocycles. The molecule has 0 radical (unpaired) electrons. The molecule has 0 amide bonds. The van der Waals surface area contributed by atoms with Gasteiger partial charge in [-0.1, -0.05) is 30.3 Å². The van der Waals surface area contributed by atoms with E-state index in [-0.39, 0.29) is 6.29 Å². The first-order chi connectivity index (χ1) is 12.7. The molecule has 1 N–H and O–H groups in total. The SMILES string of the molecule is CC1Oc2ccc(-c3ccc4oc(Nc5ccccc5)nc4c3)cc2O1. The van der Waals surface area contributed by atoms with E-state index in [2.05, 4.69) is 10.3 Å². The Kier molecular flexibility index (Phi) is 3.31. The van der Waals surface area contributed by atoms with Gasteiger partial charge in [0.25, 0.3) is 6.01 Å². The summed E-state index contributed by atoms with van der Waals surface area (Å²) in [6.45, 7) is 1.88. The second-order valence-corrected chi connectivity index (χ2v) is 6.16. The van der Waals surface area contributed by atoms with Gasteiger partial charge in [0.05, 0.1) is 0 Å². The van der Waals surface area contributed by atoms with Gasteiger partial charge in [-0.25, -0.2) is 0 Å². The predicted molar refractivity (Wildman–Crippen MR) is 99.9 cm³/mol. The minimum atomic E-state index is -0.245. The van der Waals surface area contributed by atoms with E-state index in [0.717, 1.165) is 39.4 Å². The molecule has 4 aromatic rings. The van der Waals surface area contributed by atoms with Gasteiger partial charge < -0.3 is 19.2 Å². The first-order valence-corrected chi connectivity index (χ1v) is 8.45. The van der Waals surface area contributed by atoms with Crippen molar-refractivity contribution < 1.29 is 13.9 Å². The van der Waals surface area contributed by atoms with E-state index < -0.39 is 0 Å². The van der Waals surface area contributed by atoms with Crippen molar-refractivity contribution in [3.63, 3.8) is 0 Å². The zero-order chi connectivity index (χ0) is 17.5. The van der Waals surface area contributed by atoms with Crippen molar-refractivity contribution in [2.75, 3.05) is 5.32 Å². The topological polar surface area (TPSA) is 56.5 Å². The van der Waals surface area contributed by atoms with Crippen LogP contribution in [0.2, 0.25) is 0 Å². The number of benzene rings is 3. The fraction of sp³-hybridized carbons (Fsp3) is 0.0952. The molecule has 0 aliphatic carbocycles. The third-order valence-corrected chi connectivity index (χ3v) is 4.28. The molecule has 5 heteroatoms. The molecule has 2 heterocycles. The average Bonchev–Trinajstić information content (AvgIpc) is 3.22. The molecule has 0 spiro atoms. The molecule has 0 fully saturated rings. The number of ether oxygens (including phenoxy) is 2. The number of hydrogen-bond acceptors (Lipinski definition) is 5. The lowest BCUT2D eigenvalue weighted by atomic mass is 10.0. The van der Waals surface area contributed by atoms with Crippen molar-refractivity contribution in [1.29, 1.82) is 0 Å². The summed E-state index contributed by atoms with van der Waals surface area (Å²) in [6, 6.07) is 22.2. The molecule has 0 bridgehead atoms. The second kappa shape index (κ2) is 5.81. The summed E-state index contributed by atoms with van der Waals surface area (Å²) in [5, 5.41) is 3.18. The zero-order valence-corrected chi connectivity index (χ0v) is 14.1. The summed E-state index contributed by atoms with van der Waals surface area (Å²) < 4.78 is 17.0. The van der Waals surface area contributed by atoms with Crippen molar-refractivity contribution >= 4 is 22.8 Å². The predicted octanol–water partition coefficient (Wildman–Crippen LogP) is 5.36. The van der Waals surface area contributed by atoms with Crippen LogP contribution >= 0.6 is 0 Å². The highest BCUT2D eigenvalue weighted by Crippen LogP contribution is 2.38. The number of fused-ring (bicyclic) bond motifs is 2. The molecule has 1 aliphatic heterocycles. The van der Waals surface area contributed by atoms with Gasteiger partial charge in [0.2, 0.25) is 6.29 Å². The van der Waals surface area contributed by atoms with E-state index in [1.54, 1.807) is 0 Å². The Morgan fingerprint density at radius 1 is 0.846 bits per heavy atom. The molecule has 1 atom stereocenters. The molecule has 5 rings (SSSR count). The van der Waals surface area contributed by atoms with Gasteiger partial charge >= 0.3 is 0 Å². The number of nitrogens with zero attached hydrogens (tertiary/aromatic N) is 1. The standard InChI is InChI=1S/C21H16N2O3/c1-13-24-19-10-8-15(12-20(19)25-13)14-7-9-18-17(11-14)23-21(26-18)22-16-5-3-2-4-6-16/h2-13H,1H3,(H,22,23). The van der Waals surface area contributed by atoms with E-state index in [1.807, 2.05) is 73.7 Å². The molecule has 3 aromatic carbocycles. The quantitative estimate of drug-likeness (QED) is 0.542. The van der Waals surface area contributed by atoms with Gasteiger partial charge in [-0.3, -0.25) is 0 Å². The minimum absolute atomic E-state index is 0.245. The van der Waals surface area contributed by atoms with Crippen LogP contribution in [-0.4, -0.2) is 11.3 Å². The number of oxazole rings is 1. The Balaban J connectivity index is 1.48. The van der Waals surface area contributed by atoms with Crippen LogP contribution in [0.5, 0.6) is 11.5 Å². The van der Waals surface area contributed by atoms with Crippen molar-refractivity contribution in [1.82, 2.24) is 4.98 Å². The molecule has 26 heavy (non-hydrogen) atoms. The van der Waals surface area contributed by atoms with Crippen LogP contribution in [0.25, 0.3) is 22.2 Å². The number of nitrogens with one attached hydrogen (secondary N) is 1. The number of anilines is 2. The van der Waals surface area contributed by atoms with Crippen molar-refractivity contribution in [3.8, 4) is 22.6 Å². The summed E-state index contributed by atoms with van der Waals surface area (Å²) >= 11 is 0. The van der Waals surface area contributed by atoms with Crippen LogP contribution in [0.15, 0.2) is 71.1 Å². The minimum Gasteiger partial charge on any atom is -0.451 e. The Bertz CT molecular complexity index is 1090. The molecule has 1 aliphatic rings. The monoisotopic (exact) mass is 344 g/mol. The van der Waals surface area contributed by atoms with Crippen LogP contribution in [0, 0.1) is 0 Å². The number of hydrogen-bond donors (Lipinski definition) is 1. The molecular formula is C21H16N2O3. The molecule has 0 saturated heterocycles. The summed E-state index contributed by atoms with van der Waals surface area (Å²) in [7, 11) is 0. The third-order valence-electron chi connectivity index (χ3n) is 4.28. The van der Waals surface area contributed by atoms with Gasteiger partial charge in [0.15, 0.2) is 17.1 Å². The fourth-order valence-corrected chi connectivity index (χ4v) is 3.06. The lowest BCUT2D eigenvalue weighted by molar-refractivity contribution is 0.0679. The normalized spacial score (nSPS) is 15.3. The maximum atomic E-state index is 5.78. The van der Waals surface area contributed by atoms with Crippen molar-refractivity contribution in [2.45, 2.75) is 13.2 Å². The fourth-order valence-electron chi connectivity index (χ4n) is 3.06. The van der Waals surface area contributed by atoms with E-state index in [4.69, 9.17) is 13.9 Å². The Morgan fingerprint density at radius 2 is 1.62 bits per heavy atom. The van der Waals surface area contributed by atoms with E-state index in [1.165, 1.54) is 0 Å². The smallest absolute Gasteiger partial charge is 0.300 e. The molecule has 5 nitrogen and oxygen atoms in total. The summed E-state index contributed by atoms with van der Waals surface area (Å²) in [4.78, 5) is 4.54. The van der Waals surface area contributed by atoms with Crippen LogP contribution in [0.3, 0.4) is 0 Å². The molecular weight excluding hydrogens is 328 g/mol. The van der Waals surface area contributed by atoms with Crippen LogP contribution < -0.4 is 14.8 Å². The van der Waals surface area contributed by atoms with E-state index >= 15 is 0 Å². The Hall–Kier alpha value is -3.47. The van der Waals surface area contributed by atoms with Crippen LogP contribution in [0.1, 0.15) is 6.92 Å². The average molecular weight is 344 g/mol. The van der Waals surface area contributed by atoms with Crippen LogP contribution in [0.4, 0.5) is 11.7 Å². The maximum Gasteiger partial charge on any atom is 0.300 e. The summed E-state index contributed by atoms with van der Waals surface area (Å²) in [6.07, 6.45) is -0.245. The molecule has 128 valence electrons. The van der Waals surface area contributed by atoms with Gasteiger partial charge in [0, 0.05) is 12.6 Å². The van der Waals surface area contributed by atoms with Gasteiger partial charge in [0.1, 0.15) is 5.52 Å². The largest absolute Gasteiger partial charge is 0.451 e.